The molecule has 1 N–H and O–H groups in total. The molecule has 1 amide bonds. The van der Waals surface area contributed by atoms with E-state index in [0.717, 1.165) is 30.7 Å². The van der Waals surface area contributed by atoms with Crippen molar-refractivity contribution in [2.75, 3.05) is 19.0 Å². The number of carbonyl (C=O) groups is 1. The molecule has 5 heteroatoms. The fourth-order valence-electron chi connectivity index (χ4n) is 2.64. The number of ether oxygens (including phenoxy) is 1. The van der Waals surface area contributed by atoms with Crippen LogP contribution >= 0.6 is 0 Å². The second kappa shape index (κ2) is 7.45. The van der Waals surface area contributed by atoms with E-state index in [9.17, 15) is 9.18 Å². The number of anilines is 1. The summed E-state index contributed by atoms with van der Waals surface area (Å²) in [5.41, 5.74) is 1.76. The molecule has 0 atom stereocenters. The molecule has 0 heterocycles. The Hall–Kier alpha value is -2.40. The average molecular weight is 328 g/mol. The SMILES string of the molecule is COc1ccc(CN(CC(=O)Nc2ccc(F)cc2)C2CC2)cc1. The Kier molecular flexibility index (Phi) is 5.11. The molecule has 2 aromatic rings. The second-order valence-electron chi connectivity index (χ2n) is 6.04. The smallest absolute Gasteiger partial charge is 0.238 e. The van der Waals surface area contributed by atoms with Gasteiger partial charge in [-0.15, -0.1) is 0 Å². The van der Waals surface area contributed by atoms with E-state index in [-0.39, 0.29) is 11.7 Å². The summed E-state index contributed by atoms with van der Waals surface area (Å²) in [6.07, 6.45) is 2.25. The number of amides is 1. The van der Waals surface area contributed by atoms with Gasteiger partial charge in [-0.2, -0.15) is 0 Å². The number of hydrogen-bond donors (Lipinski definition) is 1. The normalized spacial score (nSPS) is 13.8. The lowest BCUT2D eigenvalue weighted by Crippen LogP contribution is -2.34. The van der Waals surface area contributed by atoms with Crippen LogP contribution in [0.3, 0.4) is 0 Å². The van der Waals surface area contributed by atoms with Crippen LogP contribution in [0.25, 0.3) is 0 Å². The third kappa shape index (κ3) is 4.55. The predicted molar refractivity (Wildman–Crippen MR) is 91.5 cm³/mol. The van der Waals surface area contributed by atoms with Gasteiger partial charge in [0.15, 0.2) is 0 Å². The number of nitrogens with zero attached hydrogens (tertiary/aromatic N) is 1. The first-order valence-electron chi connectivity index (χ1n) is 8.06. The summed E-state index contributed by atoms with van der Waals surface area (Å²) in [4.78, 5) is 14.4. The Bertz CT molecular complexity index is 682. The van der Waals surface area contributed by atoms with Crippen LogP contribution in [0.5, 0.6) is 5.75 Å². The van der Waals surface area contributed by atoms with Gasteiger partial charge < -0.3 is 10.1 Å². The third-order valence-corrected chi connectivity index (χ3v) is 4.08. The molecular formula is C19H21FN2O2. The van der Waals surface area contributed by atoms with Gasteiger partial charge >= 0.3 is 0 Å². The molecule has 3 rings (SSSR count). The summed E-state index contributed by atoms with van der Waals surface area (Å²) in [5.74, 6) is 0.430. The second-order valence-corrected chi connectivity index (χ2v) is 6.04. The first-order valence-corrected chi connectivity index (χ1v) is 8.06. The molecule has 0 unspecified atom stereocenters. The molecule has 0 spiro atoms. The van der Waals surface area contributed by atoms with Gasteiger partial charge in [0.1, 0.15) is 11.6 Å². The fourth-order valence-corrected chi connectivity index (χ4v) is 2.64. The summed E-state index contributed by atoms with van der Waals surface area (Å²) in [7, 11) is 1.64. The van der Waals surface area contributed by atoms with Crippen LogP contribution in [0.2, 0.25) is 0 Å². The first kappa shape index (κ1) is 16.5. The van der Waals surface area contributed by atoms with Crippen LogP contribution < -0.4 is 10.1 Å². The molecule has 1 aliphatic carbocycles. The van der Waals surface area contributed by atoms with E-state index in [2.05, 4.69) is 10.2 Å². The van der Waals surface area contributed by atoms with Gasteiger partial charge in [-0.25, -0.2) is 4.39 Å². The largest absolute Gasteiger partial charge is 0.497 e. The minimum Gasteiger partial charge on any atom is -0.497 e. The number of carbonyl (C=O) groups excluding carboxylic acids is 1. The number of methoxy groups -OCH3 is 1. The molecule has 1 aliphatic rings. The van der Waals surface area contributed by atoms with E-state index < -0.39 is 0 Å². The van der Waals surface area contributed by atoms with E-state index in [1.807, 2.05) is 24.3 Å². The monoisotopic (exact) mass is 328 g/mol. The van der Waals surface area contributed by atoms with Gasteiger partial charge in [0.05, 0.1) is 13.7 Å². The third-order valence-electron chi connectivity index (χ3n) is 4.08. The van der Waals surface area contributed by atoms with Crippen molar-refractivity contribution in [3.05, 3.63) is 59.9 Å². The highest BCUT2D eigenvalue weighted by Crippen LogP contribution is 2.28. The number of hydrogen-bond acceptors (Lipinski definition) is 3. The molecule has 1 saturated carbocycles. The maximum atomic E-state index is 12.9. The zero-order chi connectivity index (χ0) is 16.9. The van der Waals surface area contributed by atoms with Crippen molar-refractivity contribution in [2.45, 2.75) is 25.4 Å². The average Bonchev–Trinajstić information content (AvgIpc) is 3.42. The Morgan fingerprint density at radius 2 is 1.83 bits per heavy atom. The van der Waals surface area contributed by atoms with Crippen LogP contribution in [-0.4, -0.2) is 30.5 Å². The van der Waals surface area contributed by atoms with Crippen molar-refractivity contribution in [1.29, 1.82) is 0 Å². The van der Waals surface area contributed by atoms with Crippen molar-refractivity contribution >= 4 is 11.6 Å². The topological polar surface area (TPSA) is 41.6 Å². The maximum absolute atomic E-state index is 12.9. The van der Waals surface area contributed by atoms with E-state index >= 15 is 0 Å². The van der Waals surface area contributed by atoms with Crippen molar-refractivity contribution in [3.63, 3.8) is 0 Å². The van der Waals surface area contributed by atoms with Gasteiger partial charge in [0.2, 0.25) is 5.91 Å². The van der Waals surface area contributed by atoms with Gasteiger partial charge in [0.25, 0.3) is 0 Å². The van der Waals surface area contributed by atoms with E-state index in [0.29, 0.717) is 18.3 Å². The van der Waals surface area contributed by atoms with Crippen LogP contribution in [0.4, 0.5) is 10.1 Å². The molecule has 0 radical (unpaired) electrons. The number of rotatable bonds is 7. The summed E-state index contributed by atoms with van der Waals surface area (Å²) in [6, 6.07) is 14.2. The molecule has 24 heavy (non-hydrogen) atoms. The quantitative estimate of drug-likeness (QED) is 0.846. The predicted octanol–water partition coefficient (Wildman–Crippen LogP) is 3.44. The Balaban J connectivity index is 1.58. The lowest BCUT2D eigenvalue weighted by Gasteiger charge is -2.21. The minimum atomic E-state index is -0.313. The minimum absolute atomic E-state index is 0.0815. The number of nitrogens with one attached hydrogen (secondary N) is 1. The molecule has 1 fully saturated rings. The van der Waals surface area contributed by atoms with Gasteiger partial charge in [-0.05, 0) is 54.8 Å². The van der Waals surface area contributed by atoms with Crippen molar-refractivity contribution < 1.29 is 13.9 Å². The first-order chi connectivity index (χ1) is 11.6. The van der Waals surface area contributed by atoms with Gasteiger partial charge in [-0.3, -0.25) is 9.69 Å². The van der Waals surface area contributed by atoms with E-state index in [1.165, 1.54) is 12.1 Å². The summed E-state index contributed by atoms with van der Waals surface area (Å²) >= 11 is 0. The molecule has 0 bridgehead atoms. The molecule has 4 nitrogen and oxygen atoms in total. The van der Waals surface area contributed by atoms with Crippen LogP contribution in [0.15, 0.2) is 48.5 Å². The van der Waals surface area contributed by atoms with Gasteiger partial charge in [0, 0.05) is 18.3 Å². The lowest BCUT2D eigenvalue weighted by molar-refractivity contribution is -0.117. The number of benzene rings is 2. The fraction of sp³-hybridized carbons (Fsp3) is 0.316. The Morgan fingerprint density at radius 1 is 1.17 bits per heavy atom. The lowest BCUT2D eigenvalue weighted by atomic mass is 10.2. The molecule has 0 aromatic heterocycles. The molecular weight excluding hydrogens is 307 g/mol. The highest BCUT2D eigenvalue weighted by molar-refractivity contribution is 5.92. The van der Waals surface area contributed by atoms with Crippen molar-refractivity contribution in [3.8, 4) is 5.75 Å². The molecule has 126 valence electrons. The van der Waals surface area contributed by atoms with Crippen LogP contribution in [0.1, 0.15) is 18.4 Å². The Morgan fingerprint density at radius 3 is 2.42 bits per heavy atom. The summed E-state index contributed by atoms with van der Waals surface area (Å²) in [5, 5.41) is 2.82. The van der Waals surface area contributed by atoms with Crippen LogP contribution in [-0.2, 0) is 11.3 Å². The standard InChI is InChI=1S/C19H21FN2O2/c1-24-18-10-2-14(3-11-18)12-22(17-8-9-17)13-19(23)21-16-6-4-15(20)5-7-16/h2-7,10-11,17H,8-9,12-13H2,1H3,(H,21,23). The molecule has 0 aliphatic heterocycles. The maximum Gasteiger partial charge on any atom is 0.238 e. The number of halogens is 1. The van der Waals surface area contributed by atoms with Crippen molar-refractivity contribution in [1.82, 2.24) is 4.90 Å². The van der Waals surface area contributed by atoms with E-state index in [1.54, 1.807) is 19.2 Å². The summed E-state index contributed by atoms with van der Waals surface area (Å²) in [6.45, 7) is 1.06. The summed E-state index contributed by atoms with van der Waals surface area (Å²) < 4.78 is 18.1. The van der Waals surface area contributed by atoms with Gasteiger partial charge in [-0.1, -0.05) is 12.1 Å². The van der Waals surface area contributed by atoms with Crippen LogP contribution in [0, 0.1) is 5.82 Å². The zero-order valence-corrected chi connectivity index (χ0v) is 13.7. The molecule has 0 saturated heterocycles. The Labute approximate surface area is 141 Å². The van der Waals surface area contributed by atoms with Crippen molar-refractivity contribution in [2.24, 2.45) is 0 Å². The molecule has 2 aromatic carbocycles. The zero-order valence-electron chi connectivity index (χ0n) is 13.7. The highest BCUT2D eigenvalue weighted by Gasteiger charge is 2.30. The van der Waals surface area contributed by atoms with E-state index in [4.69, 9.17) is 4.74 Å². The highest BCUT2D eigenvalue weighted by atomic mass is 19.1.